The fraction of sp³-hybridized carbons (Fsp3) is 0.471. The molecular formula is C17H23N3O3. The zero-order valence-corrected chi connectivity index (χ0v) is 14.1. The monoisotopic (exact) mass is 317 g/mol. The molecule has 0 radical (unpaired) electrons. The van der Waals surface area contributed by atoms with E-state index in [1.807, 2.05) is 19.9 Å². The molecule has 0 aliphatic heterocycles. The molecule has 23 heavy (non-hydrogen) atoms. The van der Waals surface area contributed by atoms with E-state index < -0.39 is 6.10 Å². The summed E-state index contributed by atoms with van der Waals surface area (Å²) < 4.78 is 5.57. The van der Waals surface area contributed by atoms with Gasteiger partial charge in [0.1, 0.15) is 5.75 Å². The molecule has 0 heterocycles. The highest BCUT2D eigenvalue weighted by Crippen LogP contribution is 2.14. The first-order chi connectivity index (χ1) is 10.9. The van der Waals surface area contributed by atoms with E-state index in [4.69, 9.17) is 10.00 Å². The summed E-state index contributed by atoms with van der Waals surface area (Å²) in [5.74, 6) is 0.152. The SMILES string of the molecule is CCN(CC)C(=O)CN(C)C(=O)C(C)Oc1ccc(C#N)cc1. The van der Waals surface area contributed by atoms with Crippen LogP contribution < -0.4 is 4.74 Å². The lowest BCUT2D eigenvalue weighted by molar-refractivity contribution is -0.143. The van der Waals surface area contributed by atoms with E-state index in [9.17, 15) is 9.59 Å². The van der Waals surface area contributed by atoms with Crippen LogP contribution in [0.15, 0.2) is 24.3 Å². The van der Waals surface area contributed by atoms with Gasteiger partial charge in [-0.1, -0.05) is 0 Å². The maximum atomic E-state index is 12.3. The Bertz CT molecular complexity index is 574. The fourth-order valence-corrected chi connectivity index (χ4v) is 2.13. The summed E-state index contributed by atoms with van der Waals surface area (Å²) in [4.78, 5) is 27.4. The molecule has 0 aliphatic carbocycles. The number of nitrogens with zero attached hydrogens (tertiary/aromatic N) is 3. The Morgan fingerprint density at radius 2 is 1.78 bits per heavy atom. The molecule has 0 saturated heterocycles. The third-order valence-corrected chi connectivity index (χ3v) is 3.51. The summed E-state index contributed by atoms with van der Waals surface area (Å²) in [6.45, 7) is 6.71. The maximum absolute atomic E-state index is 12.3. The normalized spacial score (nSPS) is 11.3. The van der Waals surface area contributed by atoms with Gasteiger partial charge in [0.25, 0.3) is 5.91 Å². The molecule has 1 aromatic carbocycles. The van der Waals surface area contributed by atoms with Crippen molar-refractivity contribution in [2.45, 2.75) is 26.9 Å². The van der Waals surface area contributed by atoms with Gasteiger partial charge in [-0.05, 0) is 45.0 Å². The van der Waals surface area contributed by atoms with E-state index >= 15 is 0 Å². The highest BCUT2D eigenvalue weighted by molar-refractivity contribution is 5.86. The molecule has 0 bridgehead atoms. The Morgan fingerprint density at radius 1 is 1.22 bits per heavy atom. The zero-order valence-electron chi connectivity index (χ0n) is 14.1. The summed E-state index contributed by atoms with van der Waals surface area (Å²) in [6, 6.07) is 8.55. The van der Waals surface area contributed by atoms with Crippen molar-refractivity contribution in [2.75, 3.05) is 26.7 Å². The molecule has 0 aromatic heterocycles. The number of carbonyl (C=O) groups is 2. The predicted molar refractivity (Wildman–Crippen MR) is 86.8 cm³/mol. The van der Waals surface area contributed by atoms with Crippen LogP contribution in [0.25, 0.3) is 0 Å². The lowest BCUT2D eigenvalue weighted by Gasteiger charge is -2.25. The molecule has 1 atom stereocenters. The molecule has 0 fully saturated rings. The molecule has 0 aliphatic rings. The molecule has 0 N–H and O–H groups in total. The molecule has 6 nitrogen and oxygen atoms in total. The number of likely N-dealkylation sites (N-methyl/N-ethyl adjacent to an activating group) is 2. The van der Waals surface area contributed by atoms with Crippen LogP contribution in [0.3, 0.4) is 0 Å². The van der Waals surface area contributed by atoms with Gasteiger partial charge >= 0.3 is 0 Å². The number of carbonyl (C=O) groups excluding carboxylic acids is 2. The molecule has 1 rings (SSSR count). The van der Waals surface area contributed by atoms with Crippen LogP contribution in [-0.4, -0.2) is 54.4 Å². The number of amides is 2. The van der Waals surface area contributed by atoms with Crippen molar-refractivity contribution in [3.8, 4) is 11.8 Å². The van der Waals surface area contributed by atoms with Crippen molar-refractivity contribution in [1.82, 2.24) is 9.80 Å². The Labute approximate surface area is 137 Å². The van der Waals surface area contributed by atoms with Crippen molar-refractivity contribution < 1.29 is 14.3 Å². The first-order valence-corrected chi connectivity index (χ1v) is 7.62. The van der Waals surface area contributed by atoms with Crippen molar-refractivity contribution in [2.24, 2.45) is 0 Å². The smallest absolute Gasteiger partial charge is 0.263 e. The van der Waals surface area contributed by atoms with Gasteiger partial charge in [0.05, 0.1) is 18.2 Å². The van der Waals surface area contributed by atoms with Crippen LogP contribution in [0.4, 0.5) is 0 Å². The number of nitriles is 1. The molecule has 124 valence electrons. The summed E-state index contributed by atoms with van der Waals surface area (Å²) in [7, 11) is 1.59. The van der Waals surface area contributed by atoms with Gasteiger partial charge < -0.3 is 14.5 Å². The van der Waals surface area contributed by atoms with E-state index in [1.54, 1.807) is 43.1 Å². The van der Waals surface area contributed by atoms with Crippen LogP contribution in [0.2, 0.25) is 0 Å². The minimum atomic E-state index is -0.711. The largest absolute Gasteiger partial charge is 0.481 e. The van der Waals surface area contributed by atoms with Crippen LogP contribution in [0, 0.1) is 11.3 Å². The fourth-order valence-electron chi connectivity index (χ4n) is 2.13. The molecular weight excluding hydrogens is 294 g/mol. The van der Waals surface area contributed by atoms with Gasteiger partial charge in [-0.3, -0.25) is 9.59 Å². The van der Waals surface area contributed by atoms with Crippen LogP contribution in [0.5, 0.6) is 5.75 Å². The van der Waals surface area contributed by atoms with Crippen LogP contribution in [-0.2, 0) is 9.59 Å². The lowest BCUT2D eigenvalue weighted by Crippen LogP contribution is -2.45. The Hall–Kier alpha value is -2.55. The van der Waals surface area contributed by atoms with Crippen molar-refractivity contribution in [3.05, 3.63) is 29.8 Å². The zero-order chi connectivity index (χ0) is 17.4. The van der Waals surface area contributed by atoms with Crippen molar-refractivity contribution >= 4 is 11.8 Å². The highest BCUT2D eigenvalue weighted by Gasteiger charge is 2.22. The first-order valence-electron chi connectivity index (χ1n) is 7.62. The second kappa shape index (κ2) is 8.79. The Balaban J connectivity index is 2.61. The number of ether oxygens (including phenoxy) is 1. The summed E-state index contributed by atoms with van der Waals surface area (Å²) in [5.41, 5.74) is 0.526. The van der Waals surface area contributed by atoms with Crippen LogP contribution >= 0.6 is 0 Å². The molecule has 2 amide bonds. The molecule has 0 saturated carbocycles. The minimum Gasteiger partial charge on any atom is -0.481 e. The number of hydrogen-bond donors (Lipinski definition) is 0. The first kappa shape index (κ1) is 18.5. The topological polar surface area (TPSA) is 73.6 Å². The van der Waals surface area contributed by atoms with E-state index in [0.29, 0.717) is 24.4 Å². The van der Waals surface area contributed by atoms with Gasteiger partial charge in [-0.15, -0.1) is 0 Å². The van der Waals surface area contributed by atoms with E-state index in [0.717, 1.165) is 0 Å². The number of hydrogen-bond acceptors (Lipinski definition) is 4. The van der Waals surface area contributed by atoms with Gasteiger partial charge in [0.2, 0.25) is 5.91 Å². The molecule has 6 heteroatoms. The van der Waals surface area contributed by atoms with E-state index in [-0.39, 0.29) is 18.4 Å². The summed E-state index contributed by atoms with van der Waals surface area (Å²) in [5, 5.41) is 8.75. The molecule has 0 spiro atoms. The number of rotatable bonds is 7. The van der Waals surface area contributed by atoms with Gasteiger partial charge in [0, 0.05) is 20.1 Å². The summed E-state index contributed by atoms with van der Waals surface area (Å²) in [6.07, 6.45) is -0.711. The highest BCUT2D eigenvalue weighted by atomic mass is 16.5. The van der Waals surface area contributed by atoms with Gasteiger partial charge in [-0.25, -0.2) is 0 Å². The van der Waals surface area contributed by atoms with E-state index in [2.05, 4.69) is 0 Å². The lowest BCUT2D eigenvalue weighted by atomic mass is 10.2. The number of benzene rings is 1. The Morgan fingerprint density at radius 3 is 2.26 bits per heavy atom. The van der Waals surface area contributed by atoms with Crippen LogP contribution in [0.1, 0.15) is 26.3 Å². The van der Waals surface area contributed by atoms with Gasteiger partial charge in [-0.2, -0.15) is 5.26 Å². The third-order valence-electron chi connectivity index (χ3n) is 3.51. The molecule has 1 aromatic rings. The average Bonchev–Trinajstić information content (AvgIpc) is 2.55. The standard InChI is InChI=1S/C17H23N3O3/c1-5-20(6-2)16(21)12-19(4)17(22)13(3)23-15-9-7-14(11-18)8-10-15/h7-10,13H,5-6,12H2,1-4H3. The maximum Gasteiger partial charge on any atom is 0.263 e. The van der Waals surface area contributed by atoms with Gasteiger partial charge in [0.15, 0.2) is 6.10 Å². The Kier molecular flexibility index (Phi) is 7.07. The predicted octanol–water partition coefficient (Wildman–Crippen LogP) is 1.65. The van der Waals surface area contributed by atoms with Crippen molar-refractivity contribution in [3.63, 3.8) is 0 Å². The second-order valence-electron chi connectivity index (χ2n) is 5.16. The van der Waals surface area contributed by atoms with Crippen molar-refractivity contribution in [1.29, 1.82) is 5.26 Å². The quantitative estimate of drug-likeness (QED) is 0.766. The second-order valence-corrected chi connectivity index (χ2v) is 5.16. The molecule has 1 unspecified atom stereocenters. The summed E-state index contributed by atoms with van der Waals surface area (Å²) >= 11 is 0. The minimum absolute atomic E-state index is 0.0293. The third kappa shape index (κ3) is 5.29. The average molecular weight is 317 g/mol. The van der Waals surface area contributed by atoms with E-state index in [1.165, 1.54) is 4.90 Å².